The molecule has 0 aliphatic carbocycles. The van der Waals surface area contributed by atoms with E-state index in [1.807, 2.05) is 36.3 Å². The Kier molecular flexibility index (Phi) is 7.85. The summed E-state index contributed by atoms with van der Waals surface area (Å²) in [5.41, 5.74) is 2.07. The maximum atomic E-state index is 11.1. The van der Waals surface area contributed by atoms with Crippen molar-refractivity contribution in [1.82, 2.24) is 0 Å². The minimum absolute atomic E-state index is 0.251. The van der Waals surface area contributed by atoms with E-state index in [1.54, 1.807) is 24.3 Å². The van der Waals surface area contributed by atoms with Crippen molar-refractivity contribution < 1.29 is 14.6 Å². The second kappa shape index (κ2) is 10.1. The van der Waals surface area contributed by atoms with Crippen LogP contribution in [0.3, 0.4) is 0 Å². The van der Waals surface area contributed by atoms with Crippen molar-refractivity contribution >= 4 is 33.8 Å². The van der Waals surface area contributed by atoms with Gasteiger partial charge in [-0.15, -0.1) is 0 Å². The summed E-state index contributed by atoms with van der Waals surface area (Å²) in [6.45, 7) is 7.39. The van der Waals surface area contributed by atoms with Crippen LogP contribution in [-0.2, 0) is 6.54 Å². The van der Waals surface area contributed by atoms with Gasteiger partial charge in [0.15, 0.2) is 0 Å². The summed E-state index contributed by atoms with van der Waals surface area (Å²) in [5.74, 6) is 0.312. The number of hydrogen-bond donors (Lipinski definition) is 1. The van der Waals surface area contributed by atoms with Crippen LogP contribution < -0.4 is 9.75 Å². The second-order valence-electron chi connectivity index (χ2n) is 6.57. The summed E-state index contributed by atoms with van der Waals surface area (Å²) in [6, 6.07) is 12.6. The van der Waals surface area contributed by atoms with Crippen LogP contribution in [0.4, 0.5) is 5.69 Å². The van der Waals surface area contributed by atoms with E-state index in [1.165, 1.54) is 0 Å². The van der Waals surface area contributed by atoms with Gasteiger partial charge in [-0.05, 0) is 54.8 Å². The Hall–Kier alpha value is -2.34. The van der Waals surface area contributed by atoms with Gasteiger partial charge in [0, 0.05) is 16.3 Å². The van der Waals surface area contributed by atoms with Crippen LogP contribution in [-0.4, -0.2) is 23.9 Å². The molecule has 0 unspecified atom stereocenters. The fourth-order valence-corrected chi connectivity index (χ4v) is 2.79. The van der Waals surface area contributed by atoms with Gasteiger partial charge in [0.1, 0.15) is 5.75 Å². The molecule has 0 atom stereocenters. The number of ether oxygens (including phenoxy) is 1. The van der Waals surface area contributed by atoms with Crippen LogP contribution in [0.15, 0.2) is 52.0 Å². The molecular formula is C21H25BrN2O3. The Morgan fingerprint density at radius 2 is 1.96 bits per heavy atom. The third-order valence-electron chi connectivity index (χ3n) is 3.73. The van der Waals surface area contributed by atoms with Crippen LogP contribution in [0.2, 0.25) is 0 Å². The minimum Gasteiger partial charge on any atom is -0.493 e. The molecule has 0 heterocycles. The third-order valence-corrected chi connectivity index (χ3v) is 4.22. The van der Waals surface area contributed by atoms with Crippen molar-refractivity contribution in [1.29, 1.82) is 0 Å². The van der Waals surface area contributed by atoms with Crippen molar-refractivity contribution in [3.63, 3.8) is 0 Å². The molecule has 144 valence electrons. The number of aromatic carboxylic acids is 1. The van der Waals surface area contributed by atoms with E-state index in [9.17, 15) is 4.79 Å². The van der Waals surface area contributed by atoms with Crippen molar-refractivity contribution in [3.8, 4) is 5.75 Å². The lowest BCUT2D eigenvalue weighted by molar-refractivity contribution is 0.0697. The van der Waals surface area contributed by atoms with E-state index in [0.29, 0.717) is 19.1 Å². The van der Waals surface area contributed by atoms with E-state index in [4.69, 9.17) is 9.84 Å². The monoisotopic (exact) mass is 432 g/mol. The number of hydrazone groups is 1. The first kappa shape index (κ1) is 21.0. The van der Waals surface area contributed by atoms with Gasteiger partial charge in [0.25, 0.3) is 0 Å². The third kappa shape index (κ3) is 6.40. The fraction of sp³-hybridized carbons (Fsp3) is 0.333. The summed E-state index contributed by atoms with van der Waals surface area (Å²) < 4.78 is 6.94. The van der Waals surface area contributed by atoms with Crippen LogP contribution in [0.5, 0.6) is 5.75 Å². The average Bonchev–Trinajstić information content (AvgIpc) is 2.64. The molecule has 0 aromatic heterocycles. The van der Waals surface area contributed by atoms with E-state index in [2.05, 4.69) is 34.9 Å². The molecule has 2 rings (SSSR count). The quantitative estimate of drug-likeness (QED) is 0.414. The van der Waals surface area contributed by atoms with Crippen LogP contribution >= 0.6 is 15.9 Å². The first-order valence-corrected chi connectivity index (χ1v) is 9.74. The highest BCUT2D eigenvalue weighted by Gasteiger charge is 2.13. The van der Waals surface area contributed by atoms with E-state index < -0.39 is 5.97 Å². The van der Waals surface area contributed by atoms with E-state index in [-0.39, 0.29) is 5.56 Å². The molecule has 0 radical (unpaired) electrons. The largest absolute Gasteiger partial charge is 0.493 e. The maximum Gasteiger partial charge on any atom is 0.335 e. The summed E-state index contributed by atoms with van der Waals surface area (Å²) in [4.78, 5) is 11.1. The van der Waals surface area contributed by atoms with E-state index >= 15 is 0 Å². The van der Waals surface area contributed by atoms with Gasteiger partial charge in [-0.2, -0.15) is 5.10 Å². The molecule has 5 nitrogen and oxygen atoms in total. The number of anilines is 1. The van der Waals surface area contributed by atoms with Crippen molar-refractivity contribution in [2.75, 3.05) is 11.6 Å². The normalized spacial score (nSPS) is 11.1. The molecular weight excluding hydrogens is 408 g/mol. The molecule has 0 saturated carbocycles. The van der Waals surface area contributed by atoms with Gasteiger partial charge >= 0.3 is 5.97 Å². The Labute approximate surface area is 168 Å². The summed E-state index contributed by atoms with van der Waals surface area (Å²) in [7, 11) is 0. The molecule has 27 heavy (non-hydrogen) atoms. The minimum atomic E-state index is -0.943. The topological polar surface area (TPSA) is 62.1 Å². The highest BCUT2D eigenvalue weighted by molar-refractivity contribution is 9.10. The number of hydrogen-bond acceptors (Lipinski definition) is 4. The zero-order chi connectivity index (χ0) is 19.8. The molecule has 0 saturated heterocycles. The first-order chi connectivity index (χ1) is 12.9. The van der Waals surface area contributed by atoms with Crippen LogP contribution in [0, 0.1) is 5.92 Å². The molecule has 1 N–H and O–H groups in total. The number of carboxylic acids is 1. The standard InChI is InChI=1S/C21H25BrN2O3/c1-4-11-23-24(19-8-5-16(6-9-19)21(25)26)13-17-12-18(22)7-10-20(17)27-14-15(2)3/h5-12,15H,4,13-14H2,1-3H3,(H,25,26)/b23-11+. The molecule has 2 aromatic carbocycles. The number of carboxylic acid groups (broad SMARTS) is 1. The predicted molar refractivity (Wildman–Crippen MR) is 113 cm³/mol. The van der Waals surface area contributed by atoms with Crippen molar-refractivity contribution in [3.05, 3.63) is 58.1 Å². The van der Waals surface area contributed by atoms with Gasteiger partial charge in [0.2, 0.25) is 0 Å². The average molecular weight is 433 g/mol. The Balaban J connectivity index is 2.31. The van der Waals surface area contributed by atoms with Crippen molar-refractivity contribution in [2.45, 2.75) is 33.7 Å². The van der Waals surface area contributed by atoms with Crippen molar-refractivity contribution in [2.24, 2.45) is 11.0 Å². The zero-order valence-electron chi connectivity index (χ0n) is 15.9. The maximum absolute atomic E-state index is 11.1. The summed E-state index contributed by atoms with van der Waals surface area (Å²) >= 11 is 3.52. The Morgan fingerprint density at radius 1 is 1.26 bits per heavy atom. The van der Waals surface area contributed by atoms with Gasteiger partial charge < -0.3 is 9.84 Å². The molecule has 0 aliphatic rings. The Morgan fingerprint density at radius 3 is 2.56 bits per heavy atom. The summed E-state index contributed by atoms with van der Waals surface area (Å²) in [6.07, 6.45) is 2.64. The SMILES string of the molecule is CC/C=N/N(Cc1cc(Br)ccc1OCC(C)C)c1ccc(C(=O)O)cc1. The van der Waals surface area contributed by atoms with Crippen LogP contribution in [0.1, 0.15) is 43.1 Å². The van der Waals surface area contributed by atoms with Gasteiger partial charge in [-0.1, -0.05) is 36.7 Å². The molecule has 0 fully saturated rings. The van der Waals surface area contributed by atoms with Crippen LogP contribution in [0.25, 0.3) is 0 Å². The number of carbonyl (C=O) groups is 1. The number of rotatable bonds is 9. The fourth-order valence-electron chi connectivity index (χ4n) is 2.39. The zero-order valence-corrected chi connectivity index (χ0v) is 17.4. The van der Waals surface area contributed by atoms with Gasteiger partial charge in [0.05, 0.1) is 24.4 Å². The highest BCUT2D eigenvalue weighted by atomic mass is 79.9. The lowest BCUT2D eigenvalue weighted by Gasteiger charge is -2.22. The molecule has 2 aromatic rings. The summed E-state index contributed by atoms with van der Waals surface area (Å²) in [5, 5.41) is 15.5. The van der Waals surface area contributed by atoms with E-state index in [0.717, 1.165) is 27.9 Å². The predicted octanol–water partition coefficient (Wildman–Crippen LogP) is 5.58. The number of nitrogens with zero attached hydrogens (tertiary/aromatic N) is 2. The highest BCUT2D eigenvalue weighted by Crippen LogP contribution is 2.27. The smallest absolute Gasteiger partial charge is 0.335 e. The number of benzene rings is 2. The van der Waals surface area contributed by atoms with Gasteiger partial charge in [-0.3, -0.25) is 5.01 Å². The molecule has 0 bridgehead atoms. The first-order valence-electron chi connectivity index (χ1n) is 8.95. The molecule has 6 heteroatoms. The number of halogens is 1. The second-order valence-corrected chi connectivity index (χ2v) is 7.49. The Bertz CT molecular complexity index is 789. The lowest BCUT2D eigenvalue weighted by atomic mass is 10.1. The van der Waals surface area contributed by atoms with Gasteiger partial charge in [-0.25, -0.2) is 4.79 Å². The molecule has 0 amide bonds. The molecule has 0 spiro atoms. The molecule has 0 aliphatic heterocycles. The lowest BCUT2D eigenvalue weighted by Crippen LogP contribution is -2.17.